The van der Waals surface area contributed by atoms with Crippen LogP contribution in [0.4, 0.5) is 0 Å². The van der Waals surface area contributed by atoms with Gasteiger partial charge in [0.05, 0.1) is 0 Å². The van der Waals surface area contributed by atoms with Crippen molar-refractivity contribution in [3.63, 3.8) is 0 Å². The molecule has 2 heterocycles. The van der Waals surface area contributed by atoms with Crippen molar-refractivity contribution in [1.29, 1.82) is 0 Å². The maximum Gasteiger partial charge on any atom is 0.227 e. The molecule has 3 aromatic carbocycles. The van der Waals surface area contributed by atoms with Crippen molar-refractivity contribution in [2.75, 3.05) is 0 Å². The lowest BCUT2D eigenvalue weighted by Gasteiger charge is -2.07. The predicted octanol–water partition coefficient (Wildman–Crippen LogP) is 11.0. The molecule has 2 atom stereocenters. The van der Waals surface area contributed by atoms with E-state index in [-0.39, 0.29) is 11.8 Å². The van der Waals surface area contributed by atoms with Crippen LogP contribution in [-0.2, 0) is 0 Å². The molecule has 0 radical (unpaired) electrons. The molecule has 206 valence electrons. The zero-order chi connectivity index (χ0) is 27.9. The number of benzene rings is 3. The van der Waals surface area contributed by atoms with Crippen LogP contribution >= 0.6 is 0 Å². The SMILES string of the molecule is CCCCC=CC(C)c1cccc2nc(-c3ccc(-c4nc5cccc(C(C)C=CCCCC)c5o4)cc3)oc12. The van der Waals surface area contributed by atoms with Crippen LogP contribution in [0.5, 0.6) is 0 Å². The van der Waals surface area contributed by atoms with E-state index >= 15 is 0 Å². The first-order valence-electron chi connectivity index (χ1n) is 14.8. The first-order chi connectivity index (χ1) is 19.6. The Morgan fingerprint density at radius 3 is 1.45 bits per heavy atom. The number of fused-ring (bicyclic) bond motifs is 2. The van der Waals surface area contributed by atoms with Gasteiger partial charge in [-0.1, -0.05) is 102 Å². The summed E-state index contributed by atoms with van der Waals surface area (Å²) >= 11 is 0. The van der Waals surface area contributed by atoms with Gasteiger partial charge in [0.25, 0.3) is 0 Å². The highest BCUT2D eigenvalue weighted by atomic mass is 16.4. The molecule has 5 rings (SSSR count). The van der Waals surface area contributed by atoms with Crippen molar-refractivity contribution in [3.8, 4) is 22.9 Å². The average molecular weight is 533 g/mol. The summed E-state index contributed by atoms with van der Waals surface area (Å²) in [4.78, 5) is 9.61. The number of para-hydroxylation sites is 2. The minimum absolute atomic E-state index is 0.266. The molecule has 0 saturated heterocycles. The zero-order valence-electron chi connectivity index (χ0n) is 24.2. The second-order valence-electron chi connectivity index (χ2n) is 10.7. The number of allylic oxidation sites excluding steroid dienone is 4. The number of rotatable bonds is 12. The van der Waals surface area contributed by atoms with Crippen molar-refractivity contribution in [2.45, 2.75) is 78.1 Å². The van der Waals surface area contributed by atoms with Gasteiger partial charge in [-0.2, -0.15) is 0 Å². The topological polar surface area (TPSA) is 52.1 Å². The number of unbranched alkanes of at least 4 members (excludes halogenated alkanes) is 4. The van der Waals surface area contributed by atoms with Crippen LogP contribution in [-0.4, -0.2) is 9.97 Å². The van der Waals surface area contributed by atoms with E-state index in [9.17, 15) is 0 Å². The number of hydrogen-bond acceptors (Lipinski definition) is 4. The van der Waals surface area contributed by atoms with Gasteiger partial charge in [0.1, 0.15) is 11.0 Å². The minimum atomic E-state index is 0.266. The fourth-order valence-corrected chi connectivity index (χ4v) is 5.11. The fraction of sp³-hybridized carbons (Fsp3) is 0.333. The van der Waals surface area contributed by atoms with Gasteiger partial charge < -0.3 is 8.83 Å². The second-order valence-corrected chi connectivity index (χ2v) is 10.7. The number of nitrogens with zero attached hydrogens (tertiary/aromatic N) is 2. The fourth-order valence-electron chi connectivity index (χ4n) is 5.11. The summed E-state index contributed by atoms with van der Waals surface area (Å²) in [6.45, 7) is 8.87. The standard InChI is InChI=1S/C36H40N2O2/c1-5-7-9-11-15-25(3)29-17-13-19-31-33(29)39-35(37-31)27-21-23-28(24-22-27)36-38-32-20-14-18-30(34(32)40-36)26(4)16-12-10-8-6-2/h11-26H,5-10H2,1-4H3. The van der Waals surface area contributed by atoms with Crippen LogP contribution in [0, 0.1) is 0 Å². The summed E-state index contributed by atoms with van der Waals surface area (Å²) in [5, 5.41) is 0. The number of hydrogen-bond donors (Lipinski definition) is 0. The van der Waals surface area contributed by atoms with Crippen molar-refractivity contribution in [3.05, 3.63) is 96.1 Å². The van der Waals surface area contributed by atoms with E-state index in [0.717, 1.165) is 57.3 Å². The Balaban J connectivity index is 1.38. The molecule has 2 unspecified atom stereocenters. The quantitative estimate of drug-likeness (QED) is 0.118. The third kappa shape index (κ3) is 6.12. The monoisotopic (exact) mass is 532 g/mol. The lowest BCUT2D eigenvalue weighted by Crippen LogP contribution is -1.89. The summed E-state index contributed by atoms with van der Waals surface area (Å²) in [6, 6.07) is 20.6. The summed E-state index contributed by atoms with van der Waals surface area (Å²) in [5.41, 5.74) is 7.68. The van der Waals surface area contributed by atoms with Gasteiger partial charge >= 0.3 is 0 Å². The molecule has 0 fully saturated rings. The molecular weight excluding hydrogens is 492 g/mol. The van der Waals surface area contributed by atoms with Gasteiger partial charge in [-0.3, -0.25) is 0 Å². The minimum Gasteiger partial charge on any atom is -0.436 e. The van der Waals surface area contributed by atoms with Gasteiger partial charge in [0.2, 0.25) is 11.8 Å². The van der Waals surface area contributed by atoms with Crippen molar-refractivity contribution in [1.82, 2.24) is 9.97 Å². The molecule has 0 aliphatic rings. The second kappa shape index (κ2) is 13.0. The van der Waals surface area contributed by atoms with Gasteiger partial charge in [-0.05, 0) is 49.2 Å². The smallest absolute Gasteiger partial charge is 0.227 e. The van der Waals surface area contributed by atoms with Crippen LogP contribution in [0.1, 0.15) is 89.2 Å². The van der Waals surface area contributed by atoms with Crippen molar-refractivity contribution < 1.29 is 8.83 Å². The normalized spacial score (nSPS) is 13.7. The summed E-state index contributed by atoms with van der Waals surface area (Å²) < 4.78 is 12.7. The van der Waals surface area contributed by atoms with Crippen LogP contribution < -0.4 is 0 Å². The van der Waals surface area contributed by atoms with E-state index in [1.165, 1.54) is 25.7 Å². The molecule has 0 aliphatic carbocycles. The lowest BCUT2D eigenvalue weighted by atomic mass is 9.99. The Labute approximate surface area is 237 Å². The Hall–Kier alpha value is -3.92. The first kappa shape index (κ1) is 27.6. The molecule has 4 heteroatoms. The predicted molar refractivity (Wildman–Crippen MR) is 167 cm³/mol. The molecule has 0 bridgehead atoms. The molecule has 2 aromatic heterocycles. The summed E-state index contributed by atoms with van der Waals surface area (Å²) in [7, 11) is 0. The highest BCUT2D eigenvalue weighted by Crippen LogP contribution is 2.34. The Bertz CT molecular complexity index is 1480. The van der Waals surface area contributed by atoms with E-state index in [1.54, 1.807) is 0 Å². The van der Waals surface area contributed by atoms with Gasteiger partial charge in [0, 0.05) is 34.1 Å². The molecular formula is C36H40N2O2. The maximum absolute atomic E-state index is 6.33. The van der Waals surface area contributed by atoms with Crippen molar-refractivity contribution >= 4 is 22.2 Å². The van der Waals surface area contributed by atoms with Crippen LogP contribution in [0.15, 0.2) is 93.8 Å². The molecule has 4 nitrogen and oxygen atoms in total. The van der Waals surface area contributed by atoms with Crippen LogP contribution in [0.2, 0.25) is 0 Å². The van der Waals surface area contributed by atoms with Crippen LogP contribution in [0.3, 0.4) is 0 Å². The third-order valence-electron chi connectivity index (χ3n) is 7.55. The van der Waals surface area contributed by atoms with E-state index in [1.807, 2.05) is 36.4 Å². The van der Waals surface area contributed by atoms with E-state index < -0.39 is 0 Å². The largest absolute Gasteiger partial charge is 0.436 e. The molecule has 0 aliphatic heterocycles. The highest BCUT2D eigenvalue weighted by Gasteiger charge is 2.17. The average Bonchev–Trinajstić information content (AvgIpc) is 3.62. The number of aromatic nitrogens is 2. The van der Waals surface area contributed by atoms with E-state index in [2.05, 4.69) is 76.3 Å². The molecule has 0 spiro atoms. The third-order valence-corrected chi connectivity index (χ3v) is 7.55. The van der Waals surface area contributed by atoms with Crippen LogP contribution in [0.25, 0.3) is 45.1 Å². The molecule has 0 amide bonds. The van der Waals surface area contributed by atoms with Crippen molar-refractivity contribution in [2.24, 2.45) is 0 Å². The molecule has 0 N–H and O–H groups in total. The zero-order valence-corrected chi connectivity index (χ0v) is 24.2. The summed E-state index contributed by atoms with van der Waals surface area (Å²) in [6.07, 6.45) is 16.2. The Morgan fingerprint density at radius 1 is 0.625 bits per heavy atom. The molecule has 5 aromatic rings. The van der Waals surface area contributed by atoms with Gasteiger partial charge in [0.15, 0.2) is 11.2 Å². The van der Waals surface area contributed by atoms with Gasteiger partial charge in [-0.15, -0.1) is 0 Å². The molecule has 40 heavy (non-hydrogen) atoms. The highest BCUT2D eigenvalue weighted by molar-refractivity contribution is 5.82. The van der Waals surface area contributed by atoms with Gasteiger partial charge in [-0.25, -0.2) is 9.97 Å². The number of oxazole rings is 2. The lowest BCUT2D eigenvalue weighted by molar-refractivity contribution is 0.611. The Kier molecular flexibility index (Phi) is 8.95. The first-order valence-corrected chi connectivity index (χ1v) is 14.8. The van der Waals surface area contributed by atoms with E-state index in [0.29, 0.717) is 11.8 Å². The molecule has 0 saturated carbocycles. The Morgan fingerprint density at radius 2 is 1.05 bits per heavy atom. The maximum atomic E-state index is 6.33. The summed E-state index contributed by atoms with van der Waals surface area (Å²) in [5.74, 6) is 1.78. The van der Waals surface area contributed by atoms with E-state index in [4.69, 9.17) is 18.8 Å².